The number of hydrogen-bond donors (Lipinski definition) is 1. The number of carbonyl (C=O) groups is 1. The summed E-state index contributed by atoms with van der Waals surface area (Å²) in [4.78, 5) is 22.5. The second kappa shape index (κ2) is 6.50. The van der Waals surface area contributed by atoms with Gasteiger partial charge in [0.15, 0.2) is 0 Å². The Hall–Kier alpha value is -1.65. The minimum atomic E-state index is -0.189. The standard InChI is InChI=1S/C14H24N4O/c1-6-8-16-12-10-15-9-11(17-12)13(19)18(5)14(3,4)7-2/h9-10H,6-8H2,1-5H3,(H,16,17). The number of amides is 1. The SMILES string of the molecule is CCCNc1cncc(C(=O)N(C)C(C)(C)CC)n1. The Bertz CT molecular complexity index is 431. The van der Waals surface area contributed by atoms with Crippen molar-refractivity contribution in [3.8, 4) is 0 Å². The van der Waals surface area contributed by atoms with Crippen LogP contribution in [0.25, 0.3) is 0 Å². The van der Waals surface area contributed by atoms with Gasteiger partial charge in [0.1, 0.15) is 11.5 Å². The average Bonchev–Trinajstić information content (AvgIpc) is 2.43. The molecule has 0 bridgehead atoms. The number of carbonyl (C=O) groups excluding carboxylic acids is 1. The zero-order chi connectivity index (χ0) is 14.5. The zero-order valence-electron chi connectivity index (χ0n) is 12.5. The van der Waals surface area contributed by atoms with Crippen molar-refractivity contribution < 1.29 is 4.79 Å². The van der Waals surface area contributed by atoms with Gasteiger partial charge < -0.3 is 10.2 Å². The number of nitrogens with zero attached hydrogens (tertiary/aromatic N) is 3. The molecule has 106 valence electrons. The molecule has 1 aromatic heterocycles. The Labute approximate surface area is 115 Å². The Morgan fingerprint density at radius 1 is 1.37 bits per heavy atom. The van der Waals surface area contributed by atoms with Gasteiger partial charge in [-0.2, -0.15) is 0 Å². The molecule has 0 aliphatic rings. The summed E-state index contributed by atoms with van der Waals surface area (Å²) in [6, 6.07) is 0. The van der Waals surface area contributed by atoms with Crippen LogP contribution in [0.3, 0.4) is 0 Å². The summed E-state index contributed by atoms with van der Waals surface area (Å²) >= 11 is 0. The largest absolute Gasteiger partial charge is 0.369 e. The van der Waals surface area contributed by atoms with Gasteiger partial charge in [-0.1, -0.05) is 13.8 Å². The molecule has 0 saturated carbocycles. The number of rotatable bonds is 6. The van der Waals surface area contributed by atoms with Gasteiger partial charge in [0.2, 0.25) is 0 Å². The van der Waals surface area contributed by atoms with Crippen LogP contribution in [-0.2, 0) is 0 Å². The monoisotopic (exact) mass is 264 g/mol. The summed E-state index contributed by atoms with van der Waals surface area (Å²) in [5.74, 6) is 0.551. The molecular formula is C14H24N4O. The predicted molar refractivity (Wildman–Crippen MR) is 77.3 cm³/mol. The van der Waals surface area contributed by atoms with Crippen molar-refractivity contribution in [1.29, 1.82) is 0 Å². The third-order valence-electron chi connectivity index (χ3n) is 3.49. The van der Waals surface area contributed by atoms with Gasteiger partial charge in [-0.3, -0.25) is 9.78 Å². The number of aromatic nitrogens is 2. The summed E-state index contributed by atoms with van der Waals surface area (Å²) in [6.07, 6.45) is 5.04. The first kappa shape index (κ1) is 15.4. The Morgan fingerprint density at radius 3 is 2.63 bits per heavy atom. The topological polar surface area (TPSA) is 58.1 Å². The number of hydrogen-bond acceptors (Lipinski definition) is 4. The van der Waals surface area contributed by atoms with Crippen molar-refractivity contribution in [3.05, 3.63) is 18.1 Å². The molecule has 5 nitrogen and oxygen atoms in total. The van der Waals surface area contributed by atoms with E-state index in [9.17, 15) is 4.79 Å². The summed E-state index contributed by atoms with van der Waals surface area (Å²) in [7, 11) is 1.81. The van der Waals surface area contributed by atoms with Gasteiger partial charge in [0, 0.05) is 19.1 Å². The first-order valence-electron chi connectivity index (χ1n) is 6.76. The van der Waals surface area contributed by atoms with Gasteiger partial charge >= 0.3 is 0 Å². The molecule has 0 spiro atoms. The maximum Gasteiger partial charge on any atom is 0.274 e. The molecule has 1 aromatic rings. The Balaban J connectivity index is 2.88. The highest BCUT2D eigenvalue weighted by atomic mass is 16.2. The van der Waals surface area contributed by atoms with E-state index in [-0.39, 0.29) is 11.4 Å². The van der Waals surface area contributed by atoms with Crippen LogP contribution < -0.4 is 5.32 Å². The molecule has 1 N–H and O–H groups in total. The van der Waals surface area contributed by atoms with E-state index in [1.807, 2.05) is 13.8 Å². The Morgan fingerprint density at radius 2 is 2.05 bits per heavy atom. The molecule has 5 heteroatoms. The van der Waals surface area contributed by atoms with Crippen molar-refractivity contribution in [2.24, 2.45) is 0 Å². The molecule has 1 heterocycles. The maximum atomic E-state index is 12.4. The summed E-state index contributed by atoms with van der Waals surface area (Å²) in [6.45, 7) is 9.04. The van der Waals surface area contributed by atoms with E-state index < -0.39 is 0 Å². The van der Waals surface area contributed by atoms with E-state index in [4.69, 9.17) is 0 Å². The quantitative estimate of drug-likeness (QED) is 0.858. The molecule has 19 heavy (non-hydrogen) atoms. The molecule has 0 radical (unpaired) electrons. The third kappa shape index (κ3) is 3.91. The fourth-order valence-corrected chi connectivity index (χ4v) is 1.49. The third-order valence-corrected chi connectivity index (χ3v) is 3.49. The lowest BCUT2D eigenvalue weighted by Gasteiger charge is -2.34. The molecule has 0 aromatic carbocycles. The molecule has 0 unspecified atom stereocenters. The number of anilines is 1. The van der Waals surface area contributed by atoms with Crippen LogP contribution >= 0.6 is 0 Å². The molecular weight excluding hydrogens is 240 g/mol. The highest BCUT2D eigenvalue weighted by molar-refractivity contribution is 5.92. The van der Waals surface area contributed by atoms with Gasteiger partial charge in [0.25, 0.3) is 5.91 Å². The fourth-order valence-electron chi connectivity index (χ4n) is 1.49. The molecule has 0 fully saturated rings. The summed E-state index contributed by atoms with van der Waals surface area (Å²) in [5.41, 5.74) is 0.191. The van der Waals surface area contributed by atoms with Crippen LogP contribution in [0.4, 0.5) is 5.82 Å². The lowest BCUT2D eigenvalue weighted by Crippen LogP contribution is -2.44. The van der Waals surface area contributed by atoms with Crippen molar-refractivity contribution in [2.45, 2.75) is 46.1 Å². The molecule has 1 amide bonds. The lowest BCUT2D eigenvalue weighted by atomic mass is 10.00. The molecule has 0 aliphatic heterocycles. The van der Waals surface area contributed by atoms with Crippen molar-refractivity contribution in [2.75, 3.05) is 18.9 Å². The highest BCUT2D eigenvalue weighted by Crippen LogP contribution is 2.18. The molecule has 0 atom stereocenters. The molecule has 1 rings (SSSR count). The van der Waals surface area contributed by atoms with Crippen molar-refractivity contribution >= 4 is 11.7 Å². The Kier molecular flexibility index (Phi) is 5.27. The van der Waals surface area contributed by atoms with Crippen LogP contribution in [0.5, 0.6) is 0 Å². The zero-order valence-corrected chi connectivity index (χ0v) is 12.5. The summed E-state index contributed by atoms with van der Waals surface area (Å²) in [5, 5.41) is 3.14. The van der Waals surface area contributed by atoms with Crippen LogP contribution in [0.2, 0.25) is 0 Å². The molecule has 0 aliphatic carbocycles. The predicted octanol–water partition coefficient (Wildman–Crippen LogP) is 2.56. The van der Waals surface area contributed by atoms with Gasteiger partial charge in [0.05, 0.1) is 12.4 Å². The van der Waals surface area contributed by atoms with E-state index in [0.29, 0.717) is 11.5 Å². The number of nitrogens with one attached hydrogen (secondary N) is 1. The highest BCUT2D eigenvalue weighted by Gasteiger charge is 2.27. The minimum absolute atomic E-state index is 0.0977. The smallest absolute Gasteiger partial charge is 0.274 e. The van der Waals surface area contributed by atoms with Crippen LogP contribution in [-0.4, -0.2) is 39.9 Å². The van der Waals surface area contributed by atoms with E-state index in [2.05, 4.69) is 29.1 Å². The minimum Gasteiger partial charge on any atom is -0.369 e. The fraction of sp³-hybridized carbons (Fsp3) is 0.643. The molecule has 0 saturated heterocycles. The van der Waals surface area contributed by atoms with Crippen molar-refractivity contribution in [1.82, 2.24) is 14.9 Å². The van der Waals surface area contributed by atoms with Crippen LogP contribution in [0.15, 0.2) is 12.4 Å². The van der Waals surface area contributed by atoms with E-state index >= 15 is 0 Å². The van der Waals surface area contributed by atoms with Gasteiger partial charge in [-0.15, -0.1) is 0 Å². The van der Waals surface area contributed by atoms with Crippen LogP contribution in [0.1, 0.15) is 51.0 Å². The van der Waals surface area contributed by atoms with Gasteiger partial charge in [-0.05, 0) is 26.7 Å². The lowest BCUT2D eigenvalue weighted by molar-refractivity contribution is 0.0614. The van der Waals surface area contributed by atoms with E-state index in [0.717, 1.165) is 19.4 Å². The first-order valence-corrected chi connectivity index (χ1v) is 6.76. The average molecular weight is 264 g/mol. The summed E-state index contributed by atoms with van der Waals surface area (Å²) < 4.78 is 0. The second-order valence-electron chi connectivity index (χ2n) is 5.25. The van der Waals surface area contributed by atoms with Crippen molar-refractivity contribution in [3.63, 3.8) is 0 Å². The van der Waals surface area contributed by atoms with E-state index in [1.165, 1.54) is 6.20 Å². The normalized spacial score (nSPS) is 11.2. The van der Waals surface area contributed by atoms with Gasteiger partial charge in [-0.25, -0.2) is 4.98 Å². The van der Waals surface area contributed by atoms with E-state index in [1.54, 1.807) is 18.1 Å². The van der Waals surface area contributed by atoms with Crippen LogP contribution in [0, 0.1) is 0 Å². The second-order valence-corrected chi connectivity index (χ2v) is 5.25. The maximum absolute atomic E-state index is 12.4. The first-order chi connectivity index (χ1) is 8.92.